The molecule has 3 nitrogen and oxygen atoms in total. The predicted octanol–water partition coefficient (Wildman–Crippen LogP) is 2.15. The second-order valence-electron chi connectivity index (χ2n) is 7.99. The summed E-state index contributed by atoms with van der Waals surface area (Å²) in [5, 5.41) is 0. The quantitative estimate of drug-likeness (QED) is 0.829. The Morgan fingerprint density at radius 1 is 1.11 bits per heavy atom. The topological polar surface area (TPSA) is 46.3 Å². The second-order valence-corrected chi connectivity index (χ2v) is 7.99. The van der Waals surface area contributed by atoms with Crippen LogP contribution in [0.15, 0.2) is 0 Å². The zero-order chi connectivity index (χ0) is 13.0. The molecule has 1 saturated heterocycles. The monoisotopic (exact) mass is 262 g/mol. The van der Waals surface area contributed by atoms with E-state index in [0.717, 1.165) is 37.3 Å². The Balaban J connectivity index is 1.51. The summed E-state index contributed by atoms with van der Waals surface area (Å²) < 4.78 is 0. The number of carbonyl (C=O) groups is 1. The van der Waals surface area contributed by atoms with Gasteiger partial charge in [-0.1, -0.05) is 0 Å². The van der Waals surface area contributed by atoms with E-state index in [-0.39, 0.29) is 6.04 Å². The number of piperidine rings is 1. The molecule has 5 rings (SSSR count). The van der Waals surface area contributed by atoms with Crippen LogP contribution in [0.2, 0.25) is 0 Å². The number of hydrogen-bond donors (Lipinski definition) is 1. The van der Waals surface area contributed by atoms with Crippen LogP contribution in [0.25, 0.3) is 0 Å². The lowest BCUT2D eigenvalue weighted by Gasteiger charge is -2.58. The van der Waals surface area contributed by atoms with Crippen molar-refractivity contribution in [3.63, 3.8) is 0 Å². The van der Waals surface area contributed by atoms with Crippen molar-refractivity contribution >= 4 is 5.91 Å². The fourth-order valence-electron chi connectivity index (χ4n) is 5.98. The Morgan fingerprint density at radius 3 is 2.26 bits per heavy atom. The normalized spacial score (nSPS) is 48.9. The van der Waals surface area contributed by atoms with Crippen molar-refractivity contribution in [3.05, 3.63) is 0 Å². The van der Waals surface area contributed by atoms with Crippen LogP contribution < -0.4 is 5.73 Å². The molecule has 5 aliphatic rings. The van der Waals surface area contributed by atoms with E-state index in [1.165, 1.54) is 38.5 Å². The Kier molecular flexibility index (Phi) is 2.70. The molecule has 1 heterocycles. The molecule has 1 aliphatic heterocycles. The highest BCUT2D eigenvalue weighted by Crippen LogP contribution is 2.60. The lowest BCUT2D eigenvalue weighted by molar-refractivity contribution is -0.140. The van der Waals surface area contributed by atoms with Crippen LogP contribution in [0.3, 0.4) is 0 Å². The third-order valence-electron chi connectivity index (χ3n) is 6.23. The summed E-state index contributed by atoms with van der Waals surface area (Å²) in [6.45, 7) is 1.82. The summed E-state index contributed by atoms with van der Waals surface area (Å²) in [4.78, 5) is 14.2. The lowest BCUT2D eigenvalue weighted by Crippen LogP contribution is -2.55. The highest BCUT2D eigenvalue weighted by atomic mass is 16.2. The van der Waals surface area contributed by atoms with Crippen molar-refractivity contribution in [2.45, 2.75) is 57.4 Å². The van der Waals surface area contributed by atoms with Gasteiger partial charge in [0.05, 0.1) is 0 Å². The van der Waals surface area contributed by atoms with Gasteiger partial charge in [0.15, 0.2) is 0 Å². The highest BCUT2D eigenvalue weighted by Gasteiger charge is 2.51. The standard InChI is InChI=1S/C16H26N2O/c17-14-1-2-15(19)18(9-14)10-16-6-11-3-12(7-16)5-13(4-11)8-16/h11-14H,1-10,17H2. The third-order valence-corrected chi connectivity index (χ3v) is 6.23. The first kappa shape index (κ1) is 12.2. The van der Waals surface area contributed by atoms with E-state index in [2.05, 4.69) is 4.90 Å². The average Bonchev–Trinajstić information content (AvgIpc) is 2.31. The summed E-state index contributed by atoms with van der Waals surface area (Å²) in [7, 11) is 0. The number of carbonyl (C=O) groups excluding carboxylic acids is 1. The van der Waals surface area contributed by atoms with E-state index in [9.17, 15) is 4.79 Å². The minimum Gasteiger partial charge on any atom is -0.341 e. The Morgan fingerprint density at radius 2 is 1.68 bits per heavy atom. The molecule has 4 aliphatic carbocycles. The summed E-state index contributed by atoms with van der Waals surface area (Å²) >= 11 is 0. The maximum atomic E-state index is 12.1. The van der Waals surface area contributed by atoms with Crippen LogP contribution in [0.5, 0.6) is 0 Å². The van der Waals surface area contributed by atoms with Gasteiger partial charge in [-0.2, -0.15) is 0 Å². The predicted molar refractivity (Wildman–Crippen MR) is 74.4 cm³/mol. The molecule has 3 heteroatoms. The number of nitrogens with two attached hydrogens (primary N) is 1. The Labute approximate surface area is 115 Å². The van der Waals surface area contributed by atoms with Gasteiger partial charge < -0.3 is 10.6 Å². The van der Waals surface area contributed by atoms with E-state index in [1.807, 2.05) is 0 Å². The fraction of sp³-hybridized carbons (Fsp3) is 0.938. The number of rotatable bonds is 2. The summed E-state index contributed by atoms with van der Waals surface area (Å²) in [5.74, 6) is 3.27. The van der Waals surface area contributed by atoms with E-state index >= 15 is 0 Å². The first-order valence-corrected chi connectivity index (χ1v) is 8.15. The van der Waals surface area contributed by atoms with Crippen molar-refractivity contribution in [2.75, 3.05) is 13.1 Å². The minimum atomic E-state index is 0.214. The van der Waals surface area contributed by atoms with E-state index in [4.69, 9.17) is 5.73 Å². The van der Waals surface area contributed by atoms with Gasteiger partial charge in [0.2, 0.25) is 5.91 Å². The maximum Gasteiger partial charge on any atom is 0.222 e. The van der Waals surface area contributed by atoms with Crippen molar-refractivity contribution < 1.29 is 4.79 Å². The molecule has 1 atom stereocenters. The van der Waals surface area contributed by atoms with Crippen LogP contribution in [-0.2, 0) is 4.79 Å². The molecular weight excluding hydrogens is 236 g/mol. The molecule has 106 valence electrons. The molecule has 5 fully saturated rings. The SMILES string of the molecule is NC1CCC(=O)N(CC23CC4CC(CC(C4)C2)C3)C1. The van der Waals surface area contributed by atoms with Gasteiger partial charge in [-0.25, -0.2) is 0 Å². The molecular formula is C16H26N2O. The second kappa shape index (κ2) is 4.21. The van der Waals surface area contributed by atoms with Gasteiger partial charge in [-0.3, -0.25) is 4.79 Å². The number of nitrogens with zero attached hydrogens (tertiary/aromatic N) is 1. The first-order chi connectivity index (χ1) is 9.12. The molecule has 0 aromatic rings. The van der Waals surface area contributed by atoms with Gasteiger partial charge in [-0.05, 0) is 68.1 Å². The van der Waals surface area contributed by atoms with Crippen LogP contribution in [-0.4, -0.2) is 29.9 Å². The molecule has 4 bridgehead atoms. The fourth-order valence-corrected chi connectivity index (χ4v) is 5.98. The van der Waals surface area contributed by atoms with Crippen molar-refractivity contribution in [1.29, 1.82) is 0 Å². The molecule has 0 spiro atoms. The van der Waals surface area contributed by atoms with Crippen LogP contribution >= 0.6 is 0 Å². The largest absolute Gasteiger partial charge is 0.341 e. The van der Waals surface area contributed by atoms with E-state index in [0.29, 0.717) is 17.7 Å². The van der Waals surface area contributed by atoms with Crippen molar-refractivity contribution in [2.24, 2.45) is 28.9 Å². The molecule has 19 heavy (non-hydrogen) atoms. The molecule has 0 radical (unpaired) electrons. The minimum absolute atomic E-state index is 0.214. The number of hydrogen-bond acceptors (Lipinski definition) is 2. The smallest absolute Gasteiger partial charge is 0.222 e. The third kappa shape index (κ3) is 2.10. The molecule has 0 aromatic heterocycles. The number of likely N-dealkylation sites (tertiary alicyclic amines) is 1. The molecule has 0 aromatic carbocycles. The van der Waals surface area contributed by atoms with Crippen molar-refractivity contribution in [1.82, 2.24) is 4.90 Å². The maximum absolute atomic E-state index is 12.1. The Bertz CT molecular complexity index is 357. The van der Waals surface area contributed by atoms with Crippen LogP contribution in [0.1, 0.15) is 51.4 Å². The Hall–Kier alpha value is -0.570. The van der Waals surface area contributed by atoms with Gasteiger partial charge in [0.25, 0.3) is 0 Å². The van der Waals surface area contributed by atoms with E-state index in [1.54, 1.807) is 0 Å². The van der Waals surface area contributed by atoms with Crippen LogP contribution in [0.4, 0.5) is 0 Å². The molecule has 1 amide bonds. The molecule has 1 unspecified atom stereocenters. The van der Waals surface area contributed by atoms with Gasteiger partial charge in [0.1, 0.15) is 0 Å². The van der Waals surface area contributed by atoms with Gasteiger partial charge in [-0.15, -0.1) is 0 Å². The van der Waals surface area contributed by atoms with Crippen LogP contribution in [0, 0.1) is 23.2 Å². The summed E-state index contributed by atoms with van der Waals surface area (Å²) in [5.41, 5.74) is 6.53. The van der Waals surface area contributed by atoms with E-state index < -0.39 is 0 Å². The van der Waals surface area contributed by atoms with Gasteiger partial charge >= 0.3 is 0 Å². The van der Waals surface area contributed by atoms with Gasteiger partial charge in [0, 0.05) is 25.6 Å². The summed E-state index contributed by atoms with van der Waals surface area (Å²) in [6, 6.07) is 0.214. The number of amides is 1. The molecule has 4 saturated carbocycles. The zero-order valence-corrected chi connectivity index (χ0v) is 11.8. The first-order valence-electron chi connectivity index (χ1n) is 8.15. The zero-order valence-electron chi connectivity index (χ0n) is 11.8. The van der Waals surface area contributed by atoms with Crippen molar-refractivity contribution in [3.8, 4) is 0 Å². The summed E-state index contributed by atoms with van der Waals surface area (Å²) in [6.07, 6.45) is 10.2. The molecule has 2 N–H and O–H groups in total. The average molecular weight is 262 g/mol. The lowest BCUT2D eigenvalue weighted by atomic mass is 9.49. The highest BCUT2D eigenvalue weighted by molar-refractivity contribution is 5.77.